The summed E-state index contributed by atoms with van der Waals surface area (Å²) in [6.07, 6.45) is 2.65. The minimum absolute atomic E-state index is 0.0515. The number of nitrogens with zero attached hydrogens (tertiary/aromatic N) is 2. The number of rotatable bonds is 4. The van der Waals surface area contributed by atoms with E-state index in [-0.39, 0.29) is 21.8 Å². The second kappa shape index (κ2) is 6.11. The van der Waals surface area contributed by atoms with Gasteiger partial charge in [-0.25, -0.2) is 22.6 Å². The smallest absolute Gasteiger partial charge is 0.238 e. The Morgan fingerprint density at radius 3 is 2.48 bits per heavy atom. The number of benzene rings is 2. The van der Waals surface area contributed by atoms with E-state index in [0.717, 1.165) is 18.2 Å². The Hall–Kier alpha value is -3.04. The van der Waals surface area contributed by atoms with Crippen LogP contribution in [0.1, 0.15) is 15.9 Å². The first-order chi connectivity index (χ1) is 11.8. The highest BCUT2D eigenvalue weighted by Gasteiger charge is 2.17. The fourth-order valence-corrected chi connectivity index (χ4v) is 2.73. The van der Waals surface area contributed by atoms with Gasteiger partial charge in [-0.2, -0.15) is 5.10 Å². The molecule has 128 valence electrons. The molecule has 1 heterocycles. The van der Waals surface area contributed by atoms with Crippen molar-refractivity contribution in [3.63, 3.8) is 0 Å². The predicted octanol–water partition coefficient (Wildman–Crippen LogP) is 1.60. The topological polar surface area (TPSA) is 115 Å². The van der Waals surface area contributed by atoms with E-state index in [0.29, 0.717) is 5.69 Å². The number of phenols is 1. The Labute approximate surface area is 142 Å². The molecule has 0 bridgehead atoms. The third-order valence-electron chi connectivity index (χ3n) is 3.48. The van der Waals surface area contributed by atoms with Crippen LogP contribution >= 0.6 is 0 Å². The Morgan fingerprint density at radius 2 is 1.84 bits per heavy atom. The maximum atomic E-state index is 13.3. The van der Waals surface area contributed by atoms with Crippen molar-refractivity contribution >= 4 is 15.8 Å². The largest absolute Gasteiger partial charge is 0.507 e. The van der Waals surface area contributed by atoms with E-state index in [1.165, 1.54) is 41.3 Å². The van der Waals surface area contributed by atoms with Gasteiger partial charge in [-0.15, -0.1) is 0 Å². The second-order valence-corrected chi connectivity index (χ2v) is 6.76. The summed E-state index contributed by atoms with van der Waals surface area (Å²) in [5, 5.41) is 18.8. The summed E-state index contributed by atoms with van der Waals surface area (Å²) in [4.78, 5) is 12.3. The lowest BCUT2D eigenvalue weighted by Gasteiger charge is -2.03. The van der Waals surface area contributed by atoms with Crippen LogP contribution < -0.4 is 5.14 Å². The number of nitrogens with two attached hydrogens (primary N) is 1. The van der Waals surface area contributed by atoms with Gasteiger partial charge in [-0.1, -0.05) is 0 Å². The van der Waals surface area contributed by atoms with Crippen LogP contribution in [0.15, 0.2) is 59.8 Å². The first-order valence-electron chi connectivity index (χ1n) is 6.97. The molecule has 0 aliphatic carbocycles. The molecule has 0 spiro atoms. The number of aromatic hydroxyl groups is 1. The molecule has 0 amide bonds. The van der Waals surface area contributed by atoms with Crippen LogP contribution in [0.4, 0.5) is 4.39 Å². The monoisotopic (exact) mass is 361 g/mol. The molecule has 0 saturated heterocycles. The fraction of sp³-hybridized carbons (Fsp3) is 0. The number of ketones is 1. The van der Waals surface area contributed by atoms with Crippen molar-refractivity contribution in [2.24, 2.45) is 5.14 Å². The number of halogens is 1. The summed E-state index contributed by atoms with van der Waals surface area (Å²) in [7, 11) is -3.80. The van der Waals surface area contributed by atoms with Crippen LogP contribution in [-0.4, -0.2) is 29.1 Å². The third kappa shape index (κ3) is 3.42. The predicted molar refractivity (Wildman–Crippen MR) is 86.4 cm³/mol. The molecular weight excluding hydrogens is 349 g/mol. The Morgan fingerprint density at radius 1 is 1.16 bits per heavy atom. The maximum Gasteiger partial charge on any atom is 0.238 e. The van der Waals surface area contributed by atoms with Crippen molar-refractivity contribution in [2.75, 3.05) is 0 Å². The van der Waals surface area contributed by atoms with Crippen molar-refractivity contribution in [1.29, 1.82) is 0 Å². The highest BCUT2D eigenvalue weighted by atomic mass is 32.2. The molecule has 0 saturated carbocycles. The Bertz CT molecular complexity index is 1060. The van der Waals surface area contributed by atoms with E-state index >= 15 is 0 Å². The summed E-state index contributed by atoms with van der Waals surface area (Å²) >= 11 is 0. The van der Waals surface area contributed by atoms with Crippen molar-refractivity contribution in [3.05, 3.63) is 71.8 Å². The van der Waals surface area contributed by atoms with E-state index in [4.69, 9.17) is 5.14 Å². The average Bonchev–Trinajstić information content (AvgIpc) is 3.06. The summed E-state index contributed by atoms with van der Waals surface area (Å²) < 4.78 is 37.1. The number of carbonyl (C=O) groups is 1. The van der Waals surface area contributed by atoms with Crippen LogP contribution in [0.3, 0.4) is 0 Å². The Balaban J connectivity index is 1.92. The van der Waals surface area contributed by atoms with Crippen LogP contribution in [0.2, 0.25) is 0 Å². The van der Waals surface area contributed by atoms with E-state index in [9.17, 15) is 22.7 Å². The van der Waals surface area contributed by atoms with Crippen LogP contribution in [0.5, 0.6) is 5.75 Å². The van der Waals surface area contributed by atoms with Crippen molar-refractivity contribution < 1.29 is 22.7 Å². The maximum absolute atomic E-state index is 13.3. The van der Waals surface area contributed by atoms with Gasteiger partial charge in [0.05, 0.1) is 27.9 Å². The van der Waals surface area contributed by atoms with Gasteiger partial charge >= 0.3 is 0 Å². The quantitative estimate of drug-likeness (QED) is 0.685. The molecule has 0 aliphatic heterocycles. The summed E-state index contributed by atoms with van der Waals surface area (Å²) in [6, 6.07) is 8.65. The third-order valence-corrected chi connectivity index (χ3v) is 4.41. The van der Waals surface area contributed by atoms with E-state index in [2.05, 4.69) is 5.10 Å². The van der Waals surface area contributed by atoms with E-state index < -0.39 is 21.6 Å². The minimum atomic E-state index is -3.80. The lowest BCUT2D eigenvalue weighted by molar-refractivity contribution is 0.103. The van der Waals surface area contributed by atoms with Gasteiger partial charge in [0.15, 0.2) is 5.78 Å². The molecule has 25 heavy (non-hydrogen) atoms. The zero-order valence-electron chi connectivity index (χ0n) is 12.6. The molecule has 0 aliphatic rings. The number of carbonyl (C=O) groups excluding carboxylic acids is 1. The van der Waals surface area contributed by atoms with Gasteiger partial charge < -0.3 is 5.11 Å². The van der Waals surface area contributed by atoms with Crippen LogP contribution in [0, 0.1) is 5.82 Å². The highest BCUT2D eigenvalue weighted by Crippen LogP contribution is 2.22. The highest BCUT2D eigenvalue weighted by molar-refractivity contribution is 7.89. The van der Waals surface area contributed by atoms with Gasteiger partial charge in [0, 0.05) is 6.20 Å². The molecule has 9 heteroatoms. The number of aromatic nitrogens is 2. The van der Waals surface area contributed by atoms with Crippen molar-refractivity contribution in [1.82, 2.24) is 9.78 Å². The van der Waals surface area contributed by atoms with Gasteiger partial charge in [-0.05, 0) is 42.5 Å². The SMILES string of the molecule is NS(=O)(=O)c1ccc(-n2cc(C(=O)c3cc(F)ccc3O)cn2)cc1. The average molecular weight is 361 g/mol. The summed E-state index contributed by atoms with van der Waals surface area (Å²) in [5.74, 6) is -1.58. The first-order valence-corrected chi connectivity index (χ1v) is 8.51. The zero-order chi connectivity index (χ0) is 18.2. The molecule has 2 aromatic carbocycles. The molecule has 3 aromatic rings. The van der Waals surface area contributed by atoms with Gasteiger partial charge in [0.25, 0.3) is 0 Å². The van der Waals surface area contributed by atoms with Crippen LogP contribution in [-0.2, 0) is 10.0 Å². The second-order valence-electron chi connectivity index (χ2n) is 5.20. The summed E-state index contributed by atoms with van der Waals surface area (Å²) in [6.45, 7) is 0. The minimum Gasteiger partial charge on any atom is -0.507 e. The number of hydrogen-bond donors (Lipinski definition) is 2. The number of sulfonamides is 1. The summed E-state index contributed by atoms with van der Waals surface area (Å²) in [5.41, 5.74) is 0.454. The van der Waals surface area contributed by atoms with E-state index in [1.54, 1.807) is 0 Å². The van der Waals surface area contributed by atoms with Gasteiger partial charge in [-0.3, -0.25) is 4.79 Å². The normalized spacial score (nSPS) is 11.4. The number of phenolic OH excluding ortho intramolecular Hbond substituents is 1. The van der Waals surface area contributed by atoms with Gasteiger partial charge in [0.2, 0.25) is 10.0 Å². The van der Waals surface area contributed by atoms with E-state index in [1.807, 2.05) is 0 Å². The number of hydrogen-bond acceptors (Lipinski definition) is 5. The Kier molecular flexibility index (Phi) is 4.11. The van der Waals surface area contributed by atoms with Crippen molar-refractivity contribution in [3.8, 4) is 11.4 Å². The lowest BCUT2D eigenvalue weighted by Crippen LogP contribution is -2.12. The zero-order valence-corrected chi connectivity index (χ0v) is 13.4. The van der Waals surface area contributed by atoms with Crippen LogP contribution in [0.25, 0.3) is 5.69 Å². The molecule has 0 unspecified atom stereocenters. The first kappa shape index (κ1) is 16.8. The lowest BCUT2D eigenvalue weighted by atomic mass is 10.1. The molecular formula is C16H12FN3O4S. The number of primary sulfonamides is 1. The molecule has 0 fully saturated rings. The molecule has 1 aromatic heterocycles. The molecule has 7 nitrogen and oxygen atoms in total. The molecule has 3 rings (SSSR count). The molecule has 0 atom stereocenters. The van der Waals surface area contributed by atoms with Crippen molar-refractivity contribution in [2.45, 2.75) is 4.90 Å². The van der Waals surface area contributed by atoms with Gasteiger partial charge in [0.1, 0.15) is 11.6 Å². The standard InChI is InChI=1S/C16H12FN3O4S/c17-11-1-6-15(21)14(7-11)16(22)10-8-19-20(9-10)12-2-4-13(5-3-12)25(18,23)24/h1-9,21H,(H2,18,23,24). The molecule has 3 N–H and O–H groups in total. The fourth-order valence-electron chi connectivity index (χ4n) is 2.22. The molecule has 0 radical (unpaired) electrons.